The first-order chi connectivity index (χ1) is 38.0. The number of rotatable bonds is 19. The monoisotopic (exact) mass is 1160 g/mol. The summed E-state index contributed by atoms with van der Waals surface area (Å²) in [6.45, 7) is 26.7. The highest BCUT2D eigenvalue weighted by Gasteiger charge is 2.57. The topological polar surface area (TPSA) is 196 Å². The van der Waals surface area contributed by atoms with Crippen LogP contribution in [0.5, 0.6) is 28.7 Å². The largest absolute Gasteiger partial charge is 0.768 e. The van der Waals surface area contributed by atoms with Crippen LogP contribution in [-0.4, -0.2) is 78.8 Å². The zero-order chi connectivity index (χ0) is 59.0. The number of halogens is 2. The molecule has 18 heteroatoms. The van der Waals surface area contributed by atoms with Crippen molar-refractivity contribution in [3.8, 4) is 28.7 Å². The van der Waals surface area contributed by atoms with Crippen molar-refractivity contribution in [2.75, 3.05) is 44.6 Å². The van der Waals surface area contributed by atoms with Crippen LogP contribution in [0.2, 0.25) is 10.0 Å². The normalized spacial score (nSPS) is 15.9. The van der Waals surface area contributed by atoms with Crippen molar-refractivity contribution >= 4 is 70.4 Å². The molecular weight excluding hydrogens is 1080 g/mol. The molecular formula is C62H75Cl2N2O13S-. The van der Waals surface area contributed by atoms with Crippen molar-refractivity contribution in [1.82, 2.24) is 5.43 Å². The van der Waals surface area contributed by atoms with Gasteiger partial charge < -0.3 is 33.0 Å². The molecule has 0 aromatic heterocycles. The van der Waals surface area contributed by atoms with E-state index in [0.29, 0.717) is 39.0 Å². The SMILES string of the molecule is CC1CN(c2ccccc2)NC1=O.CCCOc1cc2c(cc1OCCC)C1(CC2(C)C)CC(C)(C)c2cc(OCCC)c(OCCC)cc21.CCOC(=O)c1cc(Cl)c(OC(C)=O)c(Cl)c1.O=Cc1cc(C=O)cc(S(=O)[O-])c1. The van der Waals surface area contributed by atoms with Gasteiger partial charge in [0.1, 0.15) is 12.6 Å². The van der Waals surface area contributed by atoms with Gasteiger partial charge in [0.25, 0.3) is 0 Å². The van der Waals surface area contributed by atoms with E-state index in [1.54, 1.807) is 6.92 Å². The van der Waals surface area contributed by atoms with Crippen molar-refractivity contribution in [1.29, 1.82) is 0 Å². The van der Waals surface area contributed by atoms with Gasteiger partial charge in [-0.2, -0.15) is 0 Å². The number of nitrogens with zero attached hydrogens (tertiary/aromatic N) is 1. The van der Waals surface area contributed by atoms with E-state index >= 15 is 0 Å². The number of hydrogen-bond donors (Lipinski definition) is 1. The smallest absolute Gasteiger partial charge is 0.338 e. The van der Waals surface area contributed by atoms with Crippen molar-refractivity contribution in [2.45, 2.75) is 136 Å². The minimum atomic E-state index is -2.42. The number of benzene rings is 5. The molecule has 3 aliphatic rings. The Bertz CT molecular complexity index is 2870. The number of carbonyl (C=O) groups excluding carboxylic acids is 5. The first-order valence-corrected chi connectivity index (χ1v) is 28.9. The maximum absolute atomic E-state index is 11.4. The standard InChI is InChI=1S/C33H48O4.C11H10Cl2O4.C10H12N2O.C8H6O4S/c1-9-13-34-27-17-23-25(19-29(27)36-15-11-3)33(21-31(23,5)6)22-32(7,8)24-18-28(35-14-10-2)30(20-26(24)33)37-16-12-4;1-3-16-11(15)7-4-8(12)10(9(13)5-7)17-6(2)14;1-8-7-12(11-10(8)13)9-5-3-2-4-6-9;9-4-6-1-7(5-10)3-8(2-6)13(11)12/h17-20H,9-16,21-22H2,1-8H3;4-5H,3H2,1-2H3;2-6,8H,7H2,1H3,(H,11,13);1-5H,(H,11,12)/p-1. The third kappa shape index (κ3) is 16.1. The fraction of sp³-hybridized carbons (Fsp3) is 0.435. The lowest BCUT2D eigenvalue weighted by atomic mass is 9.72. The van der Waals surface area contributed by atoms with E-state index in [4.69, 9.17) is 51.6 Å². The maximum Gasteiger partial charge on any atom is 0.338 e. The van der Waals surface area contributed by atoms with Crippen molar-refractivity contribution in [2.24, 2.45) is 5.92 Å². The predicted octanol–water partition coefficient (Wildman–Crippen LogP) is 13.3. The highest BCUT2D eigenvalue weighted by Crippen LogP contribution is 2.65. The van der Waals surface area contributed by atoms with Crippen LogP contribution in [0.3, 0.4) is 0 Å². The molecule has 1 N–H and O–H groups in total. The Morgan fingerprint density at radius 2 is 1.11 bits per heavy atom. The van der Waals surface area contributed by atoms with Gasteiger partial charge in [0, 0.05) is 28.4 Å². The summed E-state index contributed by atoms with van der Waals surface area (Å²) in [7, 11) is 0. The number of nitrogens with one attached hydrogen (secondary N) is 1. The molecule has 0 bridgehead atoms. The number of hydrazine groups is 1. The van der Waals surface area contributed by atoms with E-state index < -0.39 is 23.0 Å². The number of amides is 1. The number of para-hydroxylation sites is 1. The quantitative estimate of drug-likeness (QED) is 0.0355. The van der Waals surface area contributed by atoms with Crippen LogP contribution in [0, 0.1) is 5.92 Å². The molecule has 432 valence electrons. The average molecular weight is 1160 g/mol. The van der Waals surface area contributed by atoms with E-state index in [1.165, 1.54) is 59.5 Å². The zero-order valence-electron chi connectivity index (χ0n) is 47.7. The van der Waals surface area contributed by atoms with Crippen molar-refractivity contribution in [3.05, 3.63) is 134 Å². The number of ether oxygens (including phenoxy) is 6. The van der Waals surface area contributed by atoms with Crippen LogP contribution in [0.4, 0.5) is 5.69 Å². The molecule has 2 unspecified atom stereocenters. The molecule has 0 radical (unpaired) electrons. The van der Waals surface area contributed by atoms with Crippen LogP contribution in [0.15, 0.2) is 89.8 Å². The van der Waals surface area contributed by atoms with Crippen LogP contribution in [0.1, 0.15) is 168 Å². The molecule has 1 heterocycles. The minimum absolute atomic E-state index is 0.0163. The van der Waals surface area contributed by atoms with Gasteiger partial charge in [-0.05, 0) is 156 Å². The number of anilines is 1. The Kier molecular flexibility index (Phi) is 23.6. The molecule has 1 fully saturated rings. The van der Waals surface area contributed by atoms with Gasteiger partial charge in [-0.25, -0.2) is 4.79 Å². The summed E-state index contributed by atoms with van der Waals surface area (Å²) in [6.07, 6.45) is 6.97. The van der Waals surface area contributed by atoms with Crippen LogP contribution in [0.25, 0.3) is 0 Å². The second kappa shape index (κ2) is 29.3. The molecule has 5 aromatic carbocycles. The number of fused-ring (bicyclic) bond motifs is 4. The third-order valence-corrected chi connectivity index (χ3v) is 14.6. The number of carbonyl (C=O) groups is 5. The van der Waals surface area contributed by atoms with Gasteiger partial charge in [0.05, 0.1) is 66.8 Å². The average Bonchev–Trinajstić information content (AvgIpc) is 3.26. The van der Waals surface area contributed by atoms with E-state index in [0.717, 1.165) is 73.8 Å². The second-order valence-electron chi connectivity index (χ2n) is 21.0. The number of esters is 2. The molecule has 5 aromatic rings. The fourth-order valence-corrected chi connectivity index (χ4v) is 11.1. The highest BCUT2D eigenvalue weighted by molar-refractivity contribution is 7.79. The summed E-state index contributed by atoms with van der Waals surface area (Å²) in [6, 6.07) is 25.4. The Labute approximate surface area is 483 Å². The van der Waals surface area contributed by atoms with Gasteiger partial charge in [-0.3, -0.25) is 33.8 Å². The summed E-state index contributed by atoms with van der Waals surface area (Å²) < 4.78 is 55.6. The van der Waals surface area contributed by atoms with Gasteiger partial charge in [-0.15, -0.1) is 0 Å². The van der Waals surface area contributed by atoms with Crippen molar-refractivity contribution in [3.63, 3.8) is 0 Å². The lowest BCUT2D eigenvalue weighted by Crippen LogP contribution is -2.32. The van der Waals surface area contributed by atoms with Gasteiger partial charge >= 0.3 is 11.9 Å². The summed E-state index contributed by atoms with van der Waals surface area (Å²) in [4.78, 5) is 54.0. The fourth-order valence-electron chi connectivity index (χ4n) is 10.1. The summed E-state index contributed by atoms with van der Waals surface area (Å²) >= 11 is 9.29. The highest BCUT2D eigenvalue weighted by atomic mass is 35.5. The molecule has 80 heavy (non-hydrogen) atoms. The Hall–Kier alpha value is -6.46. The Balaban J connectivity index is 0.000000224. The minimum Gasteiger partial charge on any atom is -0.768 e. The first-order valence-electron chi connectivity index (χ1n) is 27.0. The van der Waals surface area contributed by atoms with E-state index in [9.17, 15) is 32.7 Å². The summed E-state index contributed by atoms with van der Waals surface area (Å²) in [5, 5.41) is 2.04. The Morgan fingerprint density at radius 1 is 0.688 bits per heavy atom. The van der Waals surface area contributed by atoms with Gasteiger partial charge in [0.15, 0.2) is 28.7 Å². The molecule has 2 aliphatic carbocycles. The van der Waals surface area contributed by atoms with E-state index in [2.05, 4.69) is 85.1 Å². The molecule has 1 amide bonds. The van der Waals surface area contributed by atoms with Crippen molar-refractivity contribution < 1.29 is 61.2 Å². The lowest BCUT2D eigenvalue weighted by molar-refractivity contribution is -0.131. The van der Waals surface area contributed by atoms with Gasteiger partial charge in [-0.1, -0.05) is 104 Å². The number of hydrogen-bond acceptors (Lipinski definition) is 14. The molecule has 1 aliphatic heterocycles. The summed E-state index contributed by atoms with van der Waals surface area (Å²) in [5.74, 6) is 2.66. The molecule has 1 saturated heterocycles. The summed E-state index contributed by atoms with van der Waals surface area (Å²) in [5.41, 5.74) is 9.89. The van der Waals surface area contributed by atoms with Crippen LogP contribution < -0.4 is 34.1 Å². The molecule has 2 atom stereocenters. The van der Waals surface area contributed by atoms with Crippen LogP contribution >= 0.6 is 23.2 Å². The third-order valence-electron chi connectivity index (χ3n) is 13.4. The molecule has 1 spiro atoms. The maximum atomic E-state index is 11.4. The lowest BCUT2D eigenvalue weighted by Gasteiger charge is -2.31. The number of aldehydes is 2. The predicted molar refractivity (Wildman–Crippen MR) is 311 cm³/mol. The molecule has 15 nitrogen and oxygen atoms in total. The van der Waals surface area contributed by atoms with E-state index in [1.807, 2.05) is 42.3 Å². The molecule has 0 saturated carbocycles. The van der Waals surface area contributed by atoms with Gasteiger partial charge in [0.2, 0.25) is 5.91 Å². The van der Waals surface area contributed by atoms with Crippen LogP contribution in [-0.2, 0) is 41.7 Å². The molecule has 8 rings (SSSR count). The first kappa shape index (κ1) is 64.4. The zero-order valence-corrected chi connectivity index (χ0v) is 50.0. The van der Waals surface area contributed by atoms with E-state index in [-0.39, 0.29) is 72.1 Å². The Morgan fingerprint density at radius 3 is 1.46 bits per heavy atom. The second-order valence-corrected chi connectivity index (χ2v) is 22.8.